The van der Waals surface area contributed by atoms with Crippen molar-refractivity contribution in [3.63, 3.8) is 0 Å². The van der Waals surface area contributed by atoms with Gasteiger partial charge in [0.1, 0.15) is 5.69 Å². The predicted octanol–water partition coefficient (Wildman–Crippen LogP) is 1.48. The van der Waals surface area contributed by atoms with E-state index in [1.165, 1.54) is 4.68 Å². The van der Waals surface area contributed by atoms with Crippen molar-refractivity contribution in [2.75, 3.05) is 5.73 Å². The van der Waals surface area contributed by atoms with Gasteiger partial charge in [0.2, 0.25) is 0 Å². The first-order valence-electron chi connectivity index (χ1n) is 5.74. The molecule has 0 aliphatic carbocycles. The van der Waals surface area contributed by atoms with Crippen LogP contribution in [-0.4, -0.2) is 21.7 Å². The first-order chi connectivity index (χ1) is 7.64. The molecule has 0 aliphatic rings. The van der Waals surface area contributed by atoms with Crippen molar-refractivity contribution in [2.45, 2.75) is 40.7 Å². The number of nitrogens with zero attached hydrogens (tertiary/aromatic N) is 2. The smallest absolute Gasteiger partial charge is 0.271 e. The molecule has 1 aromatic heterocycles. The molecule has 3 N–H and O–H groups in total. The summed E-state index contributed by atoms with van der Waals surface area (Å²) in [6, 6.07) is 0.0598. The number of carbonyl (C=O) groups excluding carboxylic acids is 1. The highest BCUT2D eigenvalue weighted by Crippen LogP contribution is 2.20. The largest absolute Gasteiger partial charge is 0.395 e. The Morgan fingerprint density at radius 1 is 1.47 bits per heavy atom. The van der Waals surface area contributed by atoms with Gasteiger partial charge in [0.15, 0.2) is 0 Å². The second kappa shape index (κ2) is 4.39. The highest BCUT2D eigenvalue weighted by atomic mass is 16.2. The molecule has 5 nitrogen and oxygen atoms in total. The first kappa shape index (κ1) is 13.5. The van der Waals surface area contributed by atoms with Crippen LogP contribution in [0.15, 0.2) is 0 Å². The summed E-state index contributed by atoms with van der Waals surface area (Å²) in [5, 5.41) is 7.08. The SMILES string of the molecule is Cc1nn(C)c(C(=O)NC(C)C(C)(C)C)c1N. The molecule has 0 spiro atoms. The molecule has 96 valence electrons. The number of hydrogen-bond donors (Lipinski definition) is 2. The minimum Gasteiger partial charge on any atom is -0.395 e. The fourth-order valence-corrected chi connectivity index (χ4v) is 1.43. The maximum atomic E-state index is 12.1. The topological polar surface area (TPSA) is 72.9 Å². The molecule has 0 fully saturated rings. The summed E-state index contributed by atoms with van der Waals surface area (Å²) in [4.78, 5) is 12.1. The van der Waals surface area contributed by atoms with Gasteiger partial charge in [-0.25, -0.2) is 0 Å². The summed E-state index contributed by atoms with van der Waals surface area (Å²) < 4.78 is 1.52. The second-order valence-corrected chi connectivity index (χ2v) is 5.53. The van der Waals surface area contributed by atoms with Gasteiger partial charge in [-0.05, 0) is 19.3 Å². The van der Waals surface area contributed by atoms with E-state index in [4.69, 9.17) is 5.73 Å². The maximum absolute atomic E-state index is 12.1. The van der Waals surface area contributed by atoms with E-state index in [9.17, 15) is 4.79 Å². The zero-order valence-electron chi connectivity index (χ0n) is 11.5. The number of anilines is 1. The van der Waals surface area contributed by atoms with Crippen LogP contribution in [0, 0.1) is 12.3 Å². The lowest BCUT2D eigenvalue weighted by Crippen LogP contribution is -2.42. The van der Waals surface area contributed by atoms with Crippen LogP contribution in [0.3, 0.4) is 0 Å². The zero-order valence-corrected chi connectivity index (χ0v) is 11.5. The molecule has 0 aromatic carbocycles. The van der Waals surface area contributed by atoms with Gasteiger partial charge in [-0.3, -0.25) is 9.48 Å². The number of nitrogens with two attached hydrogens (primary N) is 1. The van der Waals surface area contributed by atoms with Gasteiger partial charge in [-0.15, -0.1) is 0 Å². The van der Waals surface area contributed by atoms with Crippen LogP contribution in [0.4, 0.5) is 5.69 Å². The lowest BCUT2D eigenvalue weighted by atomic mass is 9.88. The number of carbonyl (C=O) groups is 1. The molecule has 5 heteroatoms. The van der Waals surface area contributed by atoms with Crippen molar-refractivity contribution >= 4 is 11.6 Å². The number of nitrogen functional groups attached to an aromatic ring is 1. The molecule has 0 radical (unpaired) electrons. The van der Waals surface area contributed by atoms with E-state index >= 15 is 0 Å². The quantitative estimate of drug-likeness (QED) is 0.819. The zero-order chi connectivity index (χ0) is 13.4. The summed E-state index contributed by atoms with van der Waals surface area (Å²) in [6.07, 6.45) is 0. The number of hydrogen-bond acceptors (Lipinski definition) is 3. The normalized spacial score (nSPS) is 13.5. The third-order valence-corrected chi connectivity index (χ3v) is 3.13. The minimum atomic E-state index is -0.173. The standard InChI is InChI=1S/C12H22N4O/c1-7-9(13)10(16(6)15-7)11(17)14-8(2)12(3,4)5/h8H,13H2,1-6H3,(H,14,17). The molecule has 1 rings (SSSR count). The van der Waals surface area contributed by atoms with Gasteiger partial charge >= 0.3 is 0 Å². The van der Waals surface area contributed by atoms with Crippen LogP contribution in [0.25, 0.3) is 0 Å². The van der Waals surface area contributed by atoms with Crippen LogP contribution in [0.2, 0.25) is 0 Å². The van der Waals surface area contributed by atoms with Crippen molar-refractivity contribution < 1.29 is 4.79 Å². The van der Waals surface area contributed by atoms with Gasteiger partial charge in [-0.1, -0.05) is 20.8 Å². The molecule has 0 saturated carbocycles. The molecule has 17 heavy (non-hydrogen) atoms. The summed E-state index contributed by atoms with van der Waals surface area (Å²) in [5.41, 5.74) is 7.42. The van der Waals surface area contributed by atoms with Crippen LogP contribution >= 0.6 is 0 Å². The molecule has 0 saturated heterocycles. The molecular formula is C12H22N4O. The third-order valence-electron chi connectivity index (χ3n) is 3.13. The van der Waals surface area contributed by atoms with E-state index in [0.29, 0.717) is 17.1 Å². The van der Waals surface area contributed by atoms with Gasteiger partial charge in [0, 0.05) is 13.1 Å². The molecule has 1 atom stereocenters. The number of aryl methyl sites for hydroxylation is 2. The Morgan fingerprint density at radius 3 is 2.35 bits per heavy atom. The Hall–Kier alpha value is -1.52. The van der Waals surface area contributed by atoms with Crippen LogP contribution in [0.1, 0.15) is 43.9 Å². The highest BCUT2D eigenvalue weighted by Gasteiger charge is 2.25. The van der Waals surface area contributed by atoms with E-state index in [0.717, 1.165) is 0 Å². The third kappa shape index (κ3) is 2.78. The van der Waals surface area contributed by atoms with Gasteiger partial charge in [-0.2, -0.15) is 5.10 Å². The molecule has 1 aromatic rings. The summed E-state index contributed by atoms with van der Waals surface area (Å²) >= 11 is 0. The molecular weight excluding hydrogens is 216 g/mol. The van der Waals surface area contributed by atoms with E-state index < -0.39 is 0 Å². The van der Waals surface area contributed by atoms with E-state index in [1.807, 2.05) is 6.92 Å². The Morgan fingerprint density at radius 2 is 2.00 bits per heavy atom. The van der Waals surface area contributed by atoms with E-state index in [-0.39, 0.29) is 17.4 Å². The van der Waals surface area contributed by atoms with Crippen molar-refractivity contribution in [1.29, 1.82) is 0 Å². The van der Waals surface area contributed by atoms with Crippen LogP contribution in [0.5, 0.6) is 0 Å². The molecule has 1 amide bonds. The average molecular weight is 238 g/mol. The Labute approximate surface area is 102 Å². The van der Waals surface area contributed by atoms with Crippen LogP contribution in [-0.2, 0) is 7.05 Å². The van der Waals surface area contributed by atoms with E-state index in [2.05, 4.69) is 31.2 Å². The Balaban J connectivity index is 2.91. The lowest BCUT2D eigenvalue weighted by Gasteiger charge is -2.28. The van der Waals surface area contributed by atoms with E-state index in [1.54, 1.807) is 14.0 Å². The van der Waals surface area contributed by atoms with Crippen molar-refractivity contribution in [2.24, 2.45) is 12.5 Å². The highest BCUT2D eigenvalue weighted by molar-refractivity contribution is 5.98. The predicted molar refractivity (Wildman–Crippen MR) is 68.7 cm³/mol. The first-order valence-corrected chi connectivity index (χ1v) is 5.74. The van der Waals surface area contributed by atoms with Crippen molar-refractivity contribution in [1.82, 2.24) is 15.1 Å². The fraction of sp³-hybridized carbons (Fsp3) is 0.667. The molecule has 1 heterocycles. The summed E-state index contributed by atoms with van der Waals surface area (Å²) in [7, 11) is 1.72. The molecule has 0 bridgehead atoms. The maximum Gasteiger partial charge on any atom is 0.271 e. The second-order valence-electron chi connectivity index (χ2n) is 5.53. The summed E-state index contributed by atoms with van der Waals surface area (Å²) in [6.45, 7) is 10.0. The molecule has 1 unspecified atom stereocenters. The number of rotatable bonds is 2. The average Bonchev–Trinajstić information content (AvgIpc) is 2.39. The van der Waals surface area contributed by atoms with Crippen molar-refractivity contribution in [3.05, 3.63) is 11.4 Å². The minimum absolute atomic E-state index is 0.0120. The summed E-state index contributed by atoms with van der Waals surface area (Å²) in [5.74, 6) is -0.173. The van der Waals surface area contributed by atoms with Gasteiger partial charge in [0.05, 0.1) is 11.4 Å². The Bertz CT molecular complexity index is 428. The number of amides is 1. The van der Waals surface area contributed by atoms with Gasteiger partial charge < -0.3 is 11.1 Å². The van der Waals surface area contributed by atoms with Crippen LogP contribution < -0.4 is 11.1 Å². The fourth-order valence-electron chi connectivity index (χ4n) is 1.43. The van der Waals surface area contributed by atoms with Crippen molar-refractivity contribution in [3.8, 4) is 0 Å². The van der Waals surface area contributed by atoms with Gasteiger partial charge in [0.25, 0.3) is 5.91 Å². The monoisotopic (exact) mass is 238 g/mol. The number of nitrogens with one attached hydrogen (secondary N) is 1. The molecule has 0 aliphatic heterocycles. The number of aromatic nitrogens is 2. The Kier molecular flexibility index (Phi) is 3.50. The lowest BCUT2D eigenvalue weighted by molar-refractivity contribution is 0.0901.